The van der Waals surface area contributed by atoms with Crippen molar-refractivity contribution in [2.45, 2.75) is 32.7 Å². The third-order valence-corrected chi connectivity index (χ3v) is 5.90. The number of hydrogen-bond acceptors (Lipinski definition) is 7. The molecule has 4 rings (SSSR count). The second-order valence-corrected chi connectivity index (χ2v) is 8.19. The quantitative estimate of drug-likeness (QED) is 0.276. The summed E-state index contributed by atoms with van der Waals surface area (Å²) in [5.41, 5.74) is 0.272. The van der Waals surface area contributed by atoms with Crippen molar-refractivity contribution >= 4 is 28.9 Å². The number of ether oxygens (including phenoxy) is 1. The van der Waals surface area contributed by atoms with Gasteiger partial charge in [0.1, 0.15) is 0 Å². The molecule has 0 unspecified atom stereocenters. The molecule has 3 aromatic rings. The fraction of sp³-hybridized carbons (Fsp3) is 0.391. The van der Waals surface area contributed by atoms with E-state index in [-0.39, 0.29) is 42.2 Å². The van der Waals surface area contributed by atoms with Crippen molar-refractivity contribution < 1.29 is 19.1 Å². The first-order valence-electron chi connectivity index (χ1n) is 11.0. The second-order valence-electron chi connectivity index (χ2n) is 8.19. The molecule has 0 aliphatic carbocycles. The van der Waals surface area contributed by atoms with Gasteiger partial charge in [-0.15, -0.1) is 0 Å². The molecular formula is C23H25N5O6. The maximum absolute atomic E-state index is 12.7. The molecule has 0 bridgehead atoms. The minimum Gasteiger partial charge on any atom is -0.462 e. The normalized spacial score (nSPS) is 13.1. The first-order chi connectivity index (χ1) is 16.3. The zero-order valence-electron chi connectivity index (χ0n) is 19.2. The van der Waals surface area contributed by atoms with Crippen LogP contribution in [0.3, 0.4) is 0 Å². The van der Waals surface area contributed by atoms with Gasteiger partial charge in [-0.2, -0.15) is 0 Å². The van der Waals surface area contributed by atoms with Gasteiger partial charge in [0.15, 0.2) is 11.2 Å². The Labute approximate surface area is 194 Å². The number of imide groups is 1. The molecule has 0 saturated carbocycles. The SMILES string of the molecule is CCCCN1C(=O)c2ccc(C(=O)OCCCn3c(=O)c4c(ncn4C)n(C)c3=O)cc2C1=O. The summed E-state index contributed by atoms with van der Waals surface area (Å²) < 4.78 is 9.22. The van der Waals surface area contributed by atoms with Crippen LogP contribution in [0.15, 0.2) is 34.1 Å². The summed E-state index contributed by atoms with van der Waals surface area (Å²) in [7, 11) is 3.21. The Hall–Kier alpha value is -4.02. The van der Waals surface area contributed by atoms with Crippen molar-refractivity contribution in [3.8, 4) is 0 Å². The number of unbranched alkanes of at least 4 members (excludes halogenated alkanes) is 1. The molecule has 0 atom stereocenters. The van der Waals surface area contributed by atoms with Crippen LogP contribution < -0.4 is 11.2 Å². The summed E-state index contributed by atoms with van der Waals surface area (Å²) in [5.74, 6) is -1.42. The summed E-state index contributed by atoms with van der Waals surface area (Å²) in [5, 5.41) is 0. The number of carbonyl (C=O) groups excluding carboxylic acids is 3. The summed E-state index contributed by atoms with van der Waals surface area (Å²) in [4.78, 5) is 68.0. The molecule has 1 aliphatic heterocycles. The van der Waals surface area contributed by atoms with Gasteiger partial charge in [-0.25, -0.2) is 14.6 Å². The van der Waals surface area contributed by atoms with Gasteiger partial charge in [-0.05, 0) is 31.0 Å². The van der Waals surface area contributed by atoms with Crippen molar-refractivity contribution in [2.75, 3.05) is 13.2 Å². The first kappa shape index (κ1) is 23.1. The van der Waals surface area contributed by atoms with Crippen LogP contribution in [0.2, 0.25) is 0 Å². The maximum atomic E-state index is 12.7. The van der Waals surface area contributed by atoms with Gasteiger partial charge >= 0.3 is 11.7 Å². The molecule has 0 saturated heterocycles. The summed E-state index contributed by atoms with van der Waals surface area (Å²) >= 11 is 0. The Kier molecular flexibility index (Phi) is 6.18. The van der Waals surface area contributed by atoms with Gasteiger partial charge in [0.2, 0.25) is 0 Å². The number of aryl methyl sites for hydroxylation is 2. The van der Waals surface area contributed by atoms with Gasteiger partial charge in [0.25, 0.3) is 17.4 Å². The molecule has 0 N–H and O–H groups in total. The number of aromatic nitrogens is 4. The van der Waals surface area contributed by atoms with Gasteiger partial charge < -0.3 is 9.30 Å². The largest absolute Gasteiger partial charge is 0.462 e. The fourth-order valence-electron chi connectivity index (χ4n) is 4.00. The van der Waals surface area contributed by atoms with Crippen molar-refractivity contribution in [3.05, 3.63) is 62.1 Å². The Morgan fingerprint density at radius 3 is 2.47 bits per heavy atom. The number of rotatable bonds is 8. The van der Waals surface area contributed by atoms with Crippen molar-refractivity contribution in [3.63, 3.8) is 0 Å². The smallest absolute Gasteiger partial charge is 0.338 e. The molecule has 0 radical (unpaired) electrons. The molecule has 34 heavy (non-hydrogen) atoms. The third-order valence-electron chi connectivity index (χ3n) is 5.90. The van der Waals surface area contributed by atoms with Gasteiger partial charge in [-0.1, -0.05) is 13.3 Å². The molecule has 0 spiro atoms. The second kappa shape index (κ2) is 9.08. The van der Waals surface area contributed by atoms with E-state index in [0.29, 0.717) is 24.1 Å². The molecule has 1 aliphatic rings. The van der Waals surface area contributed by atoms with Crippen LogP contribution >= 0.6 is 0 Å². The lowest BCUT2D eigenvalue weighted by Gasteiger charge is -2.12. The van der Waals surface area contributed by atoms with Crippen LogP contribution in [-0.4, -0.2) is 54.5 Å². The number of benzene rings is 1. The van der Waals surface area contributed by atoms with E-state index >= 15 is 0 Å². The number of amides is 2. The Bertz CT molecular complexity index is 1430. The fourth-order valence-corrected chi connectivity index (χ4v) is 4.00. The van der Waals surface area contributed by atoms with Crippen LogP contribution in [0, 0.1) is 0 Å². The molecule has 11 heteroatoms. The van der Waals surface area contributed by atoms with Gasteiger partial charge in [0.05, 0.1) is 29.6 Å². The highest BCUT2D eigenvalue weighted by Gasteiger charge is 2.35. The molecule has 0 fully saturated rings. The van der Waals surface area contributed by atoms with E-state index in [9.17, 15) is 24.0 Å². The van der Waals surface area contributed by atoms with Crippen LogP contribution in [0.1, 0.15) is 57.3 Å². The highest BCUT2D eigenvalue weighted by Crippen LogP contribution is 2.24. The Morgan fingerprint density at radius 2 is 1.74 bits per heavy atom. The number of fused-ring (bicyclic) bond motifs is 2. The summed E-state index contributed by atoms with van der Waals surface area (Å²) in [6, 6.07) is 4.29. The molecule has 11 nitrogen and oxygen atoms in total. The minimum atomic E-state index is -0.655. The Morgan fingerprint density at radius 1 is 1.00 bits per heavy atom. The number of esters is 1. The lowest BCUT2D eigenvalue weighted by Crippen LogP contribution is -2.39. The lowest BCUT2D eigenvalue weighted by molar-refractivity contribution is 0.0494. The number of nitrogens with zero attached hydrogens (tertiary/aromatic N) is 5. The predicted octanol–water partition coefficient (Wildman–Crippen LogP) is 1.08. The molecule has 1 aromatic carbocycles. The summed E-state index contributed by atoms with van der Waals surface area (Å²) in [6.45, 7) is 2.33. The van der Waals surface area contributed by atoms with Crippen LogP contribution in [0.25, 0.3) is 11.2 Å². The van der Waals surface area contributed by atoms with Crippen molar-refractivity contribution in [1.29, 1.82) is 0 Å². The first-order valence-corrected chi connectivity index (χ1v) is 11.0. The van der Waals surface area contributed by atoms with E-state index in [2.05, 4.69) is 4.98 Å². The van der Waals surface area contributed by atoms with E-state index < -0.39 is 23.1 Å². The predicted molar refractivity (Wildman–Crippen MR) is 122 cm³/mol. The lowest BCUT2D eigenvalue weighted by atomic mass is 10.1. The minimum absolute atomic E-state index is 0.0373. The topological polar surface area (TPSA) is 126 Å². The average Bonchev–Trinajstić information content (AvgIpc) is 3.33. The van der Waals surface area contributed by atoms with E-state index in [1.165, 1.54) is 41.0 Å². The van der Waals surface area contributed by atoms with Crippen LogP contribution in [0.4, 0.5) is 0 Å². The van der Waals surface area contributed by atoms with E-state index in [1.807, 2.05) is 6.92 Å². The van der Waals surface area contributed by atoms with E-state index in [0.717, 1.165) is 11.0 Å². The van der Waals surface area contributed by atoms with E-state index in [1.54, 1.807) is 11.6 Å². The molecule has 2 amide bonds. The standard InChI is InChI=1S/C23H25N5O6/c1-4-5-9-27-19(29)15-8-7-14(12-16(15)20(27)30)22(32)34-11-6-10-28-21(31)17-18(24-13-25(17)2)26(3)23(28)33/h7-8,12-13H,4-6,9-11H2,1-3H3. The van der Waals surface area contributed by atoms with Crippen molar-refractivity contribution in [1.82, 2.24) is 23.6 Å². The maximum Gasteiger partial charge on any atom is 0.338 e. The zero-order valence-corrected chi connectivity index (χ0v) is 19.2. The molecule has 178 valence electrons. The number of imidazole rings is 1. The van der Waals surface area contributed by atoms with E-state index in [4.69, 9.17) is 4.74 Å². The van der Waals surface area contributed by atoms with Gasteiger partial charge in [0, 0.05) is 27.2 Å². The zero-order chi connectivity index (χ0) is 24.6. The molecule has 2 aromatic heterocycles. The molecule has 3 heterocycles. The number of hydrogen-bond donors (Lipinski definition) is 0. The van der Waals surface area contributed by atoms with Crippen LogP contribution in [-0.2, 0) is 25.4 Å². The Balaban J connectivity index is 1.42. The highest BCUT2D eigenvalue weighted by atomic mass is 16.5. The van der Waals surface area contributed by atoms with Crippen molar-refractivity contribution in [2.24, 2.45) is 14.1 Å². The van der Waals surface area contributed by atoms with Crippen LogP contribution in [0.5, 0.6) is 0 Å². The highest BCUT2D eigenvalue weighted by molar-refractivity contribution is 6.21. The number of carbonyl (C=O) groups is 3. The monoisotopic (exact) mass is 467 g/mol. The average molecular weight is 467 g/mol. The third kappa shape index (κ3) is 3.82. The van der Waals surface area contributed by atoms with Gasteiger partial charge in [-0.3, -0.25) is 28.4 Å². The molecular weight excluding hydrogens is 442 g/mol. The summed E-state index contributed by atoms with van der Waals surface area (Å²) in [6.07, 6.45) is 3.26.